The van der Waals surface area contributed by atoms with E-state index in [0.29, 0.717) is 16.3 Å². The lowest BCUT2D eigenvalue weighted by Gasteiger charge is -2.01. The second-order valence-electron chi connectivity index (χ2n) is 3.64. The Morgan fingerprint density at radius 1 is 1.44 bits per heavy atom. The molecule has 2 aromatic rings. The van der Waals surface area contributed by atoms with Gasteiger partial charge in [-0.3, -0.25) is 4.79 Å². The van der Waals surface area contributed by atoms with E-state index >= 15 is 0 Å². The molecule has 0 unspecified atom stereocenters. The molecule has 1 aromatic carbocycles. The summed E-state index contributed by atoms with van der Waals surface area (Å²) < 4.78 is 25.1. The van der Waals surface area contributed by atoms with Crippen molar-refractivity contribution >= 4 is 17.3 Å². The Kier molecular flexibility index (Phi) is 3.66. The lowest BCUT2D eigenvalue weighted by Crippen LogP contribution is -1.99. The van der Waals surface area contributed by atoms with Crippen molar-refractivity contribution in [3.63, 3.8) is 0 Å². The molecule has 1 N–H and O–H groups in total. The lowest BCUT2D eigenvalue weighted by molar-refractivity contribution is -0.136. The summed E-state index contributed by atoms with van der Waals surface area (Å²) in [6.45, 7) is 0. The highest BCUT2D eigenvalue weighted by Gasteiger charge is 2.11. The number of aliphatic carboxylic acids is 1. The van der Waals surface area contributed by atoms with Crippen LogP contribution in [0.4, 0.5) is 8.78 Å². The summed E-state index contributed by atoms with van der Waals surface area (Å²) in [6, 6.07) is 5.93. The Morgan fingerprint density at radius 3 is 2.89 bits per heavy atom. The van der Waals surface area contributed by atoms with Gasteiger partial charge in [-0.1, -0.05) is 18.2 Å². The van der Waals surface area contributed by atoms with Gasteiger partial charge in [0.05, 0.1) is 12.1 Å². The molecule has 1 aromatic heterocycles. The topological polar surface area (TPSA) is 50.2 Å². The van der Waals surface area contributed by atoms with Gasteiger partial charge in [0, 0.05) is 16.5 Å². The molecule has 0 fully saturated rings. The average molecular weight is 269 g/mol. The predicted octanol–water partition coefficient (Wildman–Crippen LogP) is 3.37. The van der Waals surface area contributed by atoms with Gasteiger partial charge in [0.15, 0.2) is 0 Å². The molecule has 0 aliphatic carbocycles. The van der Waals surface area contributed by atoms with E-state index in [9.17, 15) is 13.6 Å². The molecule has 0 saturated heterocycles. The maximum Gasteiger partial charge on any atom is 0.309 e. The smallest absolute Gasteiger partial charge is 0.309 e. The van der Waals surface area contributed by atoms with Gasteiger partial charge in [0.25, 0.3) is 6.43 Å². The van der Waals surface area contributed by atoms with E-state index in [1.807, 2.05) is 0 Å². The summed E-state index contributed by atoms with van der Waals surface area (Å²) in [6.07, 6.45) is -2.69. The average Bonchev–Trinajstić information content (AvgIpc) is 2.77. The monoisotopic (exact) mass is 269 g/mol. The number of hydrogen-bond donors (Lipinski definition) is 1. The Labute approximate surface area is 106 Å². The number of aromatic nitrogens is 1. The van der Waals surface area contributed by atoms with Crippen LogP contribution in [0, 0.1) is 0 Å². The van der Waals surface area contributed by atoms with Gasteiger partial charge in [0.2, 0.25) is 0 Å². The summed E-state index contributed by atoms with van der Waals surface area (Å²) in [5.74, 6) is -0.965. The molecule has 94 valence electrons. The van der Waals surface area contributed by atoms with Crippen LogP contribution in [-0.4, -0.2) is 16.1 Å². The molecule has 0 atom stereocenters. The summed E-state index contributed by atoms with van der Waals surface area (Å²) in [4.78, 5) is 14.6. The molecular formula is C12H9F2NO2S. The molecule has 6 heteroatoms. The fourth-order valence-corrected chi connectivity index (χ4v) is 2.30. The fourth-order valence-electron chi connectivity index (χ4n) is 1.48. The number of thiazole rings is 1. The van der Waals surface area contributed by atoms with E-state index < -0.39 is 12.4 Å². The van der Waals surface area contributed by atoms with Gasteiger partial charge in [-0.25, -0.2) is 13.8 Å². The zero-order valence-electron chi connectivity index (χ0n) is 9.14. The van der Waals surface area contributed by atoms with E-state index in [1.54, 1.807) is 11.4 Å². The standard InChI is InChI=1S/C12H9F2NO2S/c13-11(14)7-2-1-3-8(4-7)12-15-9(6-18-12)5-10(16)17/h1-4,6,11H,5H2,(H,16,17). The molecule has 1 heterocycles. The first-order valence-corrected chi connectivity index (χ1v) is 5.99. The number of carboxylic acid groups (broad SMARTS) is 1. The van der Waals surface area contributed by atoms with E-state index in [4.69, 9.17) is 5.11 Å². The van der Waals surface area contributed by atoms with E-state index in [2.05, 4.69) is 4.98 Å². The van der Waals surface area contributed by atoms with Crippen molar-refractivity contribution in [2.45, 2.75) is 12.8 Å². The first-order chi connectivity index (χ1) is 8.56. The highest BCUT2D eigenvalue weighted by molar-refractivity contribution is 7.13. The number of hydrogen-bond acceptors (Lipinski definition) is 3. The van der Waals surface area contributed by atoms with Gasteiger partial charge in [-0.2, -0.15) is 0 Å². The second kappa shape index (κ2) is 5.22. The Balaban J connectivity index is 2.28. The third-order valence-electron chi connectivity index (χ3n) is 2.27. The highest BCUT2D eigenvalue weighted by atomic mass is 32.1. The molecule has 2 rings (SSSR count). The van der Waals surface area contributed by atoms with Crippen LogP contribution < -0.4 is 0 Å². The number of rotatable bonds is 4. The Morgan fingerprint density at radius 2 is 2.22 bits per heavy atom. The lowest BCUT2D eigenvalue weighted by atomic mass is 10.1. The van der Waals surface area contributed by atoms with Crippen LogP contribution in [0.1, 0.15) is 17.7 Å². The summed E-state index contributed by atoms with van der Waals surface area (Å²) in [7, 11) is 0. The number of benzene rings is 1. The first kappa shape index (κ1) is 12.6. The Bertz CT molecular complexity index is 569. The maximum absolute atomic E-state index is 12.5. The molecule has 0 saturated carbocycles. The minimum atomic E-state index is -2.52. The van der Waals surface area contributed by atoms with E-state index in [0.717, 1.165) is 0 Å². The third kappa shape index (κ3) is 2.89. The summed E-state index contributed by atoms with van der Waals surface area (Å²) >= 11 is 1.25. The van der Waals surface area contributed by atoms with Gasteiger partial charge in [-0.15, -0.1) is 11.3 Å². The van der Waals surface area contributed by atoms with Gasteiger partial charge < -0.3 is 5.11 Å². The molecule has 0 radical (unpaired) electrons. The van der Waals surface area contributed by atoms with Crippen molar-refractivity contribution < 1.29 is 18.7 Å². The van der Waals surface area contributed by atoms with Crippen LogP contribution in [0.3, 0.4) is 0 Å². The largest absolute Gasteiger partial charge is 0.481 e. The minimum absolute atomic E-state index is 0.0671. The normalized spacial score (nSPS) is 10.8. The zero-order chi connectivity index (χ0) is 13.1. The van der Waals surface area contributed by atoms with E-state index in [-0.39, 0.29) is 12.0 Å². The first-order valence-electron chi connectivity index (χ1n) is 5.11. The van der Waals surface area contributed by atoms with Gasteiger partial charge >= 0.3 is 5.97 Å². The van der Waals surface area contributed by atoms with Crippen molar-refractivity contribution in [1.29, 1.82) is 0 Å². The second-order valence-corrected chi connectivity index (χ2v) is 4.50. The number of carbonyl (C=O) groups is 1. The third-order valence-corrected chi connectivity index (χ3v) is 3.21. The number of alkyl halides is 2. The SMILES string of the molecule is O=C(O)Cc1csc(-c2cccc(C(F)F)c2)n1. The molecule has 0 bridgehead atoms. The van der Waals surface area contributed by atoms with Crippen molar-refractivity contribution in [2.75, 3.05) is 0 Å². The molecule has 0 aliphatic rings. The van der Waals surface area contributed by atoms with Gasteiger partial charge in [-0.05, 0) is 6.07 Å². The van der Waals surface area contributed by atoms with Crippen LogP contribution in [0.15, 0.2) is 29.6 Å². The molecule has 0 aliphatic heterocycles. The van der Waals surface area contributed by atoms with Crippen LogP contribution in [0.2, 0.25) is 0 Å². The fraction of sp³-hybridized carbons (Fsp3) is 0.167. The van der Waals surface area contributed by atoms with Crippen LogP contribution in [0.5, 0.6) is 0 Å². The quantitative estimate of drug-likeness (QED) is 0.925. The molecule has 0 spiro atoms. The van der Waals surface area contributed by atoms with Crippen molar-refractivity contribution in [3.8, 4) is 10.6 Å². The van der Waals surface area contributed by atoms with Crippen molar-refractivity contribution in [3.05, 3.63) is 40.9 Å². The van der Waals surface area contributed by atoms with Crippen LogP contribution in [-0.2, 0) is 11.2 Å². The minimum Gasteiger partial charge on any atom is -0.481 e. The van der Waals surface area contributed by atoms with E-state index in [1.165, 1.54) is 29.5 Å². The van der Waals surface area contributed by atoms with Crippen LogP contribution >= 0.6 is 11.3 Å². The maximum atomic E-state index is 12.5. The zero-order valence-corrected chi connectivity index (χ0v) is 9.95. The van der Waals surface area contributed by atoms with Crippen molar-refractivity contribution in [2.24, 2.45) is 0 Å². The van der Waals surface area contributed by atoms with Crippen LogP contribution in [0.25, 0.3) is 10.6 Å². The summed E-state index contributed by atoms with van der Waals surface area (Å²) in [5.41, 5.74) is 0.946. The number of halogens is 2. The number of nitrogens with zero attached hydrogens (tertiary/aromatic N) is 1. The molecular weight excluding hydrogens is 260 g/mol. The van der Waals surface area contributed by atoms with Gasteiger partial charge in [0.1, 0.15) is 5.01 Å². The highest BCUT2D eigenvalue weighted by Crippen LogP contribution is 2.28. The summed E-state index contributed by atoms with van der Waals surface area (Å²) in [5, 5.41) is 10.8. The predicted molar refractivity (Wildman–Crippen MR) is 63.8 cm³/mol. The number of carboxylic acids is 1. The van der Waals surface area contributed by atoms with Crippen molar-refractivity contribution in [1.82, 2.24) is 4.98 Å². The molecule has 3 nitrogen and oxygen atoms in total. The Hall–Kier alpha value is -1.82. The molecule has 18 heavy (non-hydrogen) atoms. The molecule has 0 amide bonds.